The molecule has 0 unspecified atom stereocenters. The van der Waals surface area contributed by atoms with Crippen LogP contribution in [0.4, 0.5) is 11.4 Å². The average molecular weight is 532 g/mol. The van der Waals surface area contributed by atoms with Crippen molar-refractivity contribution < 1.29 is 29.0 Å². The lowest BCUT2D eigenvalue weighted by Crippen LogP contribution is -2.44. The highest BCUT2D eigenvalue weighted by molar-refractivity contribution is 8.15. The van der Waals surface area contributed by atoms with E-state index in [0.29, 0.717) is 22.1 Å². The van der Waals surface area contributed by atoms with Gasteiger partial charge in [0.25, 0.3) is 0 Å². The van der Waals surface area contributed by atoms with Crippen molar-refractivity contribution in [2.24, 2.45) is 4.99 Å². The number of anilines is 1. The molecule has 0 saturated carbocycles. The van der Waals surface area contributed by atoms with Gasteiger partial charge in [-0.2, -0.15) is 0 Å². The van der Waals surface area contributed by atoms with E-state index < -0.39 is 23.1 Å². The number of esters is 1. The summed E-state index contributed by atoms with van der Waals surface area (Å²) in [7, 11) is 0. The average Bonchev–Trinajstić information content (AvgIpc) is 2.92. The number of amides is 2. The van der Waals surface area contributed by atoms with Gasteiger partial charge in [0.15, 0.2) is 5.17 Å². The number of amidine groups is 1. The maximum Gasteiger partial charge on any atom is 0.338 e. The molecule has 0 bridgehead atoms. The number of carbonyl (C=O) groups excluding carboxylic acids is 3. The number of carboxylic acids is 1. The predicted molar refractivity (Wildman–Crippen MR) is 145 cm³/mol. The van der Waals surface area contributed by atoms with Gasteiger partial charge in [-0.25, -0.2) is 14.6 Å². The van der Waals surface area contributed by atoms with E-state index >= 15 is 0 Å². The summed E-state index contributed by atoms with van der Waals surface area (Å²) in [5.41, 5.74) is 2.33. The third-order valence-corrected chi connectivity index (χ3v) is 6.81. The van der Waals surface area contributed by atoms with E-state index in [1.165, 1.54) is 36.0 Å². The van der Waals surface area contributed by atoms with Crippen LogP contribution in [0.15, 0.2) is 83.9 Å². The van der Waals surface area contributed by atoms with E-state index in [1.54, 1.807) is 36.1 Å². The van der Waals surface area contributed by atoms with Gasteiger partial charge in [0.2, 0.25) is 11.8 Å². The van der Waals surface area contributed by atoms with Crippen LogP contribution < -0.4 is 5.32 Å². The molecule has 1 saturated heterocycles. The Labute approximate surface area is 223 Å². The van der Waals surface area contributed by atoms with Crippen LogP contribution in [0.25, 0.3) is 0 Å². The summed E-state index contributed by atoms with van der Waals surface area (Å²) < 4.78 is 5.02. The Morgan fingerprint density at radius 1 is 1.00 bits per heavy atom. The minimum atomic E-state index is -1.06. The lowest BCUT2D eigenvalue weighted by Gasteiger charge is -2.32. The van der Waals surface area contributed by atoms with Crippen LogP contribution in [0.1, 0.15) is 39.6 Å². The molecule has 1 fully saturated rings. The number of aromatic carboxylic acids is 1. The van der Waals surface area contributed by atoms with E-state index in [0.717, 1.165) is 5.56 Å². The number of rotatable bonds is 8. The number of nitrogens with one attached hydrogen (secondary N) is 1. The Balaban J connectivity index is 1.57. The second kappa shape index (κ2) is 12.2. The molecule has 1 aliphatic heterocycles. The highest BCUT2D eigenvalue weighted by atomic mass is 32.2. The second-order valence-corrected chi connectivity index (χ2v) is 9.48. The van der Waals surface area contributed by atoms with Crippen molar-refractivity contribution in [1.82, 2.24) is 4.90 Å². The van der Waals surface area contributed by atoms with Gasteiger partial charge in [0.1, 0.15) is 5.25 Å². The minimum absolute atomic E-state index is 0.0304. The molecule has 2 N–H and O–H groups in total. The highest BCUT2D eigenvalue weighted by Gasteiger charge is 2.36. The smallest absolute Gasteiger partial charge is 0.338 e. The SMILES string of the molecule is CCOC(=O)c1ccc(N=C2S[C@H](C(=O)Nc3ccc(C(=O)O)cc3)CC(=O)N2Cc2ccccc2)cc1. The van der Waals surface area contributed by atoms with Crippen LogP contribution in [0.5, 0.6) is 0 Å². The maximum atomic E-state index is 13.2. The molecule has 0 aromatic heterocycles. The Hall–Kier alpha value is -4.44. The molecule has 9 nitrogen and oxygen atoms in total. The molecule has 1 atom stereocenters. The van der Waals surface area contributed by atoms with E-state index in [9.17, 15) is 19.2 Å². The summed E-state index contributed by atoms with van der Waals surface area (Å²) in [5, 5.41) is 11.4. The molecular weight excluding hydrogens is 506 g/mol. The fourth-order valence-corrected chi connectivity index (χ4v) is 4.78. The quantitative estimate of drug-likeness (QED) is 0.403. The standard InChI is InChI=1S/C28H25N3O6S/c1-2-37-27(36)20-10-14-22(15-11-20)30-28-31(17-18-6-4-3-5-7-18)24(32)16-23(38-28)25(33)29-21-12-8-19(9-13-21)26(34)35/h3-15,23H,2,16-17H2,1H3,(H,29,33)(H,34,35)/t23-/m0/s1. The van der Waals surface area contributed by atoms with Crippen LogP contribution in [0.2, 0.25) is 0 Å². The van der Waals surface area contributed by atoms with Gasteiger partial charge < -0.3 is 15.2 Å². The lowest BCUT2D eigenvalue weighted by atomic mass is 10.2. The monoisotopic (exact) mass is 531 g/mol. The number of aliphatic imine (C=N–C) groups is 1. The number of ether oxygens (including phenoxy) is 1. The Morgan fingerprint density at radius 3 is 2.29 bits per heavy atom. The van der Waals surface area contributed by atoms with E-state index in [-0.39, 0.29) is 31.0 Å². The van der Waals surface area contributed by atoms with Crippen molar-refractivity contribution in [3.63, 3.8) is 0 Å². The van der Waals surface area contributed by atoms with Crippen LogP contribution in [-0.2, 0) is 20.9 Å². The molecule has 3 aromatic carbocycles. The van der Waals surface area contributed by atoms with Gasteiger partial charge >= 0.3 is 11.9 Å². The van der Waals surface area contributed by atoms with Crippen LogP contribution in [0, 0.1) is 0 Å². The fraction of sp³-hybridized carbons (Fsp3) is 0.179. The number of carbonyl (C=O) groups is 4. The van der Waals surface area contributed by atoms with Crippen LogP contribution >= 0.6 is 11.8 Å². The first-order valence-electron chi connectivity index (χ1n) is 11.8. The molecule has 10 heteroatoms. The largest absolute Gasteiger partial charge is 0.478 e. The van der Waals surface area contributed by atoms with Crippen molar-refractivity contribution >= 4 is 52.1 Å². The van der Waals surface area contributed by atoms with Crippen molar-refractivity contribution in [2.45, 2.75) is 25.1 Å². The minimum Gasteiger partial charge on any atom is -0.478 e. The summed E-state index contributed by atoms with van der Waals surface area (Å²) in [6, 6.07) is 21.7. The van der Waals surface area contributed by atoms with Crippen LogP contribution in [0.3, 0.4) is 0 Å². The molecule has 0 radical (unpaired) electrons. The third kappa shape index (κ3) is 6.65. The number of hydrogen-bond acceptors (Lipinski definition) is 7. The van der Waals surface area contributed by atoms with Crippen LogP contribution in [-0.4, -0.2) is 50.8 Å². The number of carboxylic acid groups (broad SMARTS) is 1. The van der Waals surface area contributed by atoms with Gasteiger partial charge in [-0.05, 0) is 61.0 Å². The lowest BCUT2D eigenvalue weighted by molar-refractivity contribution is -0.129. The van der Waals surface area contributed by atoms with Gasteiger partial charge in [0, 0.05) is 12.1 Å². The normalized spacial score (nSPS) is 16.2. The summed E-state index contributed by atoms with van der Waals surface area (Å²) >= 11 is 1.17. The predicted octanol–water partition coefficient (Wildman–Crippen LogP) is 4.72. The summed E-state index contributed by atoms with van der Waals surface area (Å²) in [6.45, 7) is 2.29. The molecule has 0 spiro atoms. The number of hydrogen-bond donors (Lipinski definition) is 2. The zero-order chi connectivity index (χ0) is 27.1. The Bertz CT molecular complexity index is 1360. The van der Waals surface area contributed by atoms with E-state index in [4.69, 9.17) is 9.84 Å². The third-order valence-electron chi connectivity index (χ3n) is 5.62. The zero-order valence-corrected chi connectivity index (χ0v) is 21.3. The number of nitrogens with zero attached hydrogens (tertiary/aromatic N) is 2. The van der Waals surface area contributed by atoms with E-state index in [2.05, 4.69) is 10.3 Å². The first-order valence-corrected chi connectivity index (χ1v) is 12.7. The molecule has 0 aliphatic carbocycles. The molecular formula is C28H25N3O6S. The molecule has 1 heterocycles. The summed E-state index contributed by atoms with van der Waals surface area (Å²) in [6.07, 6.45) is -0.0304. The fourth-order valence-electron chi connectivity index (χ4n) is 3.68. The van der Waals surface area contributed by atoms with Crippen molar-refractivity contribution in [3.05, 3.63) is 95.6 Å². The molecule has 3 aromatic rings. The topological polar surface area (TPSA) is 125 Å². The molecule has 4 rings (SSSR count). The second-order valence-electron chi connectivity index (χ2n) is 8.31. The maximum absolute atomic E-state index is 13.2. The van der Waals surface area contributed by atoms with Gasteiger partial charge in [-0.15, -0.1) is 0 Å². The van der Waals surface area contributed by atoms with Gasteiger partial charge in [-0.3, -0.25) is 14.5 Å². The Morgan fingerprint density at radius 2 is 1.66 bits per heavy atom. The number of benzene rings is 3. The zero-order valence-electron chi connectivity index (χ0n) is 20.5. The van der Waals surface area contributed by atoms with Crippen molar-refractivity contribution in [1.29, 1.82) is 0 Å². The Kier molecular flexibility index (Phi) is 8.55. The van der Waals surface area contributed by atoms with E-state index in [1.807, 2.05) is 30.3 Å². The molecule has 1 aliphatic rings. The first-order chi connectivity index (χ1) is 18.3. The molecule has 194 valence electrons. The highest BCUT2D eigenvalue weighted by Crippen LogP contribution is 2.31. The summed E-state index contributed by atoms with van der Waals surface area (Å²) in [5.74, 6) is -2.15. The first kappa shape index (κ1) is 26.6. The summed E-state index contributed by atoms with van der Waals surface area (Å²) in [4.78, 5) is 55.5. The van der Waals surface area contributed by atoms with Gasteiger partial charge in [-0.1, -0.05) is 42.1 Å². The molecule has 2 amide bonds. The van der Waals surface area contributed by atoms with Crippen molar-refractivity contribution in [3.8, 4) is 0 Å². The molecule has 38 heavy (non-hydrogen) atoms. The van der Waals surface area contributed by atoms with Gasteiger partial charge in [0.05, 0.1) is 30.0 Å². The number of thioether (sulfide) groups is 1. The van der Waals surface area contributed by atoms with Crippen molar-refractivity contribution in [2.75, 3.05) is 11.9 Å².